The molecule has 0 bridgehead atoms. The largest absolute Gasteiger partial charge is 0.466 e. The van der Waals surface area contributed by atoms with Crippen molar-refractivity contribution < 1.29 is 9.53 Å². The zero-order valence-electron chi connectivity index (χ0n) is 11.2. The zero-order chi connectivity index (χ0) is 12.3. The van der Waals surface area contributed by atoms with Crippen molar-refractivity contribution in [1.29, 1.82) is 0 Å². The lowest BCUT2D eigenvalue weighted by Crippen LogP contribution is -2.16. The van der Waals surface area contributed by atoms with Crippen LogP contribution in [0.3, 0.4) is 0 Å². The standard InChI is InChI=1S/C14H27NO2/c1-2-17-14(16)8-4-3-5-11-15-12-6-7-13-9-10-13/h13,15H,2-12H2,1H3. The maximum absolute atomic E-state index is 11.0. The molecular formula is C14H27NO2. The van der Waals surface area contributed by atoms with E-state index in [1.165, 1.54) is 32.1 Å². The van der Waals surface area contributed by atoms with Crippen LogP contribution in [0, 0.1) is 5.92 Å². The SMILES string of the molecule is CCOC(=O)CCCCCNCCCC1CC1. The second kappa shape index (κ2) is 9.46. The summed E-state index contributed by atoms with van der Waals surface area (Å²) >= 11 is 0. The second-order valence-electron chi connectivity index (χ2n) is 4.95. The fraction of sp³-hybridized carbons (Fsp3) is 0.929. The summed E-state index contributed by atoms with van der Waals surface area (Å²) in [7, 11) is 0. The van der Waals surface area contributed by atoms with E-state index in [0.717, 1.165) is 31.8 Å². The molecule has 17 heavy (non-hydrogen) atoms. The predicted octanol–water partition coefficient (Wildman–Crippen LogP) is 2.89. The van der Waals surface area contributed by atoms with Gasteiger partial charge in [-0.05, 0) is 51.6 Å². The average molecular weight is 241 g/mol. The molecule has 3 nitrogen and oxygen atoms in total. The number of carbonyl (C=O) groups excluding carboxylic acids is 1. The van der Waals surface area contributed by atoms with Crippen molar-refractivity contribution in [3.8, 4) is 0 Å². The molecule has 0 amide bonds. The summed E-state index contributed by atoms with van der Waals surface area (Å²) in [6.45, 7) is 4.60. The van der Waals surface area contributed by atoms with E-state index in [1.54, 1.807) is 0 Å². The summed E-state index contributed by atoms with van der Waals surface area (Å²) in [5.41, 5.74) is 0. The van der Waals surface area contributed by atoms with Gasteiger partial charge in [0.25, 0.3) is 0 Å². The van der Waals surface area contributed by atoms with Crippen LogP contribution in [0.15, 0.2) is 0 Å². The Morgan fingerprint density at radius 2 is 1.94 bits per heavy atom. The highest BCUT2D eigenvalue weighted by Gasteiger charge is 2.19. The summed E-state index contributed by atoms with van der Waals surface area (Å²) in [6, 6.07) is 0. The van der Waals surface area contributed by atoms with E-state index < -0.39 is 0 Å². The van der Waals surface area contributed by atoms with Gasteiger partial charge in [0.2, 0.25) is 0 Å². The van der Waals surface area contributed by atoms with Gasteiger partial charge in [0.05, 0.1) is 6.61 Å². The number of esters is 1. The minimum absolute atomic E-state index is 0.0510. The molecular weight excluding hydrogens is 214 g/mol. The van der Waals surface area contributed by atoms with Crippen molar-refractivity contribution >= 4 is 5.97 Å². The fourth-order valence-corrected chi connectivity index (χ4v) is 1.98. The molecule has 0 atom stereocenters. The van der Waals surface area contributed by atoms with Gasteiger partial charge in [-0.2, -0.15) is 0 Å². The Bertz CT molecular complexity index is 202. The Kier molecular flexibility index (Phi) is 8.06. The molecule has 1 fully saturated rings. The van der Waals surface area contributed by atoms with Gasteiger partial charge >= 0.3 is 5.97 Å². The third kappa shape index (κ3) is 9.16. The van der Waals surface area contributed by atoms with Gasteiger partial charge in [-0.3, -0.25) is 4.79 Å². The normalized spacial score (nSPS) is 14.9. The van der Waals surface area contributed by atoms with Crippen LogP contribution >= 0.6 is 0 Å². The molecule has 0 saturated heterocycles. The number of hydrogen-bond acceptors (Lipinski definition) is 3. The molecule has 0 aromatic rings. The maximum atomic E-state index is 11.0. The number of nitrogens with one attached hydrogen (secondary N) is 1. The van der Waals surface area contributed by atoms with E-state index in [1.807, 2.05) is 6.92 Å². The van der Waals surface area contributed by atoms with Gasteiger partial charge < -0.3 is 10.1 Å². The van der Waals surface area contributed by atoms with Gasteiger partial charge in [-0.15, -0.1) is 0 Å². The molecule has 0 aromatic heterocycles. The van der Waals surface area contributed by atoms with Gasteiger partial charge in [0, 0.05) is 6.42 Å². The first-order valence-electron chi connectivity index (χ1n) is 7.19. The molecule has 0 aliphatic heterocycles. The Balaban J connectivity index is 1.70. The van der Waals surface area contributed by atoms with Crippen LogP contribution in [0.25, 0.3) is 0 Å². The second-order valence-corrected chi connectivity index (χ2v) is 4.95. The van der Waals surface area contributed by atoms with E-state index in [0.29, 0.717) is 13.0 Å². The number of carbonyl (C=O) groups is 1. The van der Waals surface area contributed by atoms with Crippen molar-refractivity contribution in [1.82, 2.24) is 5.32 Å². The summed E-state index contributed by atoms with van der Waals surface area (Å²) in [4.78, 5) is 11.0. The monoisotopic (exact) mass is 241 g/mol. The topological polar surface area (TPSA) is 38.3 Å². The van der Waals surface area contributed by atoms with Gasteiger partial charge in [0.15, 0.2) is 0 Å². The number of ether oxygens (including phenoxy) is 1. The van der Waals surface area contributed by atoms with Crippen LogP contribution in [0.4, 0.5) is 0 Å². The van der Waals surface area contributed by atoms with E-state index in [9.17, 15) is 4.79 Å². The number of rotatable bonds is 11. The van der Waals surface area contributed by atoms with E-state index in [2.05, 4.69) is 5.32 Å². The Morgan fingerprint density at radius 1 is 1.18 bits per heavy atom. The molecule has 0 aromatic carbocycles. The lowest BCUT2D eigenvalue weighted by molar-refractivity contribution is -0.143. The Hall–Kier alpha value is -0.570. The molecule has 0 unspecified atom stereocenters. The molecule has 1 saturated carbocycles. The lowest BCUT2D eigenvalue weighted by Gasteiger charge is -2.04. The molecule has 1 aliphatic rings. The smallest absolute Gasteiger partial charge is 0.305 e. The van der Waals surface area contributed by atoms with Gasteiger partial charge in [0.1, 0.15) is 0 Å². The first kappa shape index (κ1) is 14.5. The summed E-state index contributed by atoms with van der Waals surface area (Å²) in [6.07, 6.45) is 9.50. The average Bonchev–Trinajstić information content (AvgIpc) is 3.11. The first-order chi connectivity index (χ1) is 8.33. The molecule has 100 valence electrons. The molecule has 0 spiro atoms. The van der Waals surface area contributed by atoms with Crippen molar-refractivity contribution in [2.45, 2.75) is 58.3 Å². The third-order valence-corrected chi connectivity index (χ3v) is 3.20. The van der Waals surface area contributed by atoms with E-state index in [4.69, 9.17) is 4.74 Å². The van der Waals surface area contributed by atoms with Crippen molar-refractivity contribution in [3.63, 3.8) is 0 Å². The Labute approximate surface area is 105 Å². The van der Waals surface area contributed by atoms with Crippen molar-refractivity contribution in [2.24, 2.45) is 5.92 Å². The third-order valence-electron chi connectivity index (χ3n) is 3.20. The molecule has 0 heterocycles. The number of unbranched alkanes of at least 4 members (excludes halogenated alkanes) is 2. The number of hydrogen-bond donors (Lipinski definition) is 1. The summed E-state index contributed by atoms with van der Waals surface area (Å²) in [5.74, 6) is 1.01. The van der Waals surface area contributed by atoms with Crippen molar-refractivity contribution in [2.75, 3.05) is 19.7 Å². The van der Waals surface area contributed by atoms with Gasteiger partial charge in [-0.1, -0.05) is 19.3 Å². The summed E-state index contributed by atoms with van der Waals surface area (Å²) < 4.78 is 4.88. The van der Waals surface area contributed by atoms with Crippen LogP contribution in [0.2, 0.25) is 0 Å². The van der Waals surface area contributed by atoms with Crippen molar-refractivity contribution in [3.05, 3.63) is 0 Å². The minimum Gasteiger partial charge on any atom is -0.466 e. The highest BCUT2D eigenvalue weighted by atomic mass is 16.5. The Morgan fingerprint density at radius 3 is 2.65 bits per heavy atom. The van der Waals surface area contributed by atoms with Gasteiger partial charge in [-0.25, -0.2) is 0 Å². The highest BCUT2D eigenvalue weighted by molar-refractivity contribution is 5.69. The molecule has 0 radical (unpaired) electrons. The lowest BCUT2D eigenvalue weighted by atomic mass is 10.2. The van der Waals surface area contributed by atoms with Crippen LogP contribution in [0.5, 0.6) is 0 Å². The van der Waals surface area contributed by atoms with E-state index in [-0.39, 0.29) is 5.97 Å². The van der Waals surface area contributed by atoms with Crippen LogP contribution in [0.1, 0.15) is 58.3 Å². The molecule has 3 heteroatoms. The maximum Gasteiger partial charge on any atom is 0.305 e. The summed E-state index contributed by atoms with van der Waals surface area (Å²) in [5, 5.41) is 3.47. The molecule has 1 N–H and O–H groups in total. The van der Waals surface area contributed by atoms with Crippen LogP contribution < -0.4 is 5.32 Å². The van der Waals surface area contributed by atoms with E-state index >= 15 is 0 Å². The van der Waals surface area contributed by atoms with Crippen LogP contribution in [-0.4, -0.2) is 25.7 Å². The minimum atomic E-state index is -0.0510. The highest BCUT2D eigenvalue weighted by Crippen LogP contribution is 2.33. The zero-order valence-corrected chi connectivity index (χ0v) is 11.2. The quantitative estimate of drug-likeness (QED) is 0.446. The molecule has 1 aliphatic carbocycles. The fourth-order valence-electron chi connectivity index (χ4n) is 1.98. The van der Waals surface area contributed by atoms with Crippen LogP contribution in [-0.2, 0) is 9.53 Å². The predicted molar refractivity (Wildman–Crippen MR) is 69.9 cm³/mol. The molecule has 1 rings (SSSR count). The first-order valence-corrected chi connectivity index (χ1v) is 7.19.